The van der Waals surface area contributed by atoms with Crippen molar-refractivity contribution in [2.75, 3.05) is 13.7 Å². The van der Waals surface area contributed by atoms with Gasteiger partial charge >= 0.3 is 23.9 Å². The lowest BCUT2D eigenvalue weighted by molar-refractivity contribution is -0.203. The van der Waals surface area contributed by atoms with E-state index in [9.17, 15) is 29.1 Å². The molecular weight excluding hydrogens is 875 g/mol. The largest absolute Gasteiger partial charge is 0.477 e. The minimum Gasteiger partial charge on any atom is -0.477 e. The molecule has 0 radical (unpaired) electrons. The van der Waals surface area contributed by atoms with Gasteiger partial charge in [0.2, 0.25) is 17.6 Å². The molecule has 13 atom stereocenters. The third-order valence-electron chi connectivity index (χ3n) is 18.2. The maximum Gasteiger partial charge on any atom is 0.373 e. The van der Waals surface area contributed by atoms with E-state index >= 15 is 4.79 Å². The molecule has 1 aromatic rings. The summed E-state index contributed by atoms with van der Waals surface area (Å²) in [6, 6.07) is -2.18. The molecule has 5 aliphatic carbocycles. The summed E-state index contributed by atoms with van der Waals surface area (Å²) in [6.07, 6.45) is 10.2. The van der Waals surface area contributed by atoms with E-state index < -0.39 is 72.2 Å². The molecule has 4 fully saturated rings. The van der Waals surface area contributed by atoms with Gasteiger partial charge in [0, 0.05) is 27.7 Å². The molecule has 0 spiro atoms. The van der Waals surface area contributed by atoms with Gasteiger partial charge in [0.25, 0.3) is 0 Å². The van der Waals surface area contributed by atoms with Crippen LogP contribution in [0.3, 0.4) is 0 Å². The number of amides is 2. The van der Waals surface area contributed by atoms with Gasteiger partial charge in [-0.1, -0.05) is 65.3 Å². The molecule has 376 valence electrons. The monoisotopic (exact) mass is 950 g/mol. The van der Waals surface area contributed by atoms with E-state index in [-0.39, 0.29) is 57.3 Å². The summed E-state index contributed by atoms with van der Waals surface area (Å²) in [5, 5.41) is 26.1. The second-order valence-corrected chi connectivity index (χ2v) is 23.0. The predicted octanol–water partition coefficient (Wildman–Crippen LogP) is 5.98. The first-order valence-corrected chi connectivity index (χ1v) is 24.5. The Labute approximate surface area is 400 Å². The lowest BCUT2D eigenvalue weighted by Crippen LogP contribution is -2.65. The van der Waals surface area contributed by atoms with E-state index in [0.29, 0.717) is 17.5 Å². The molecule has 2 amide bonds. The van der Waals surface area contributed by atoms with E-state index in [4.69, 9.17) is 23.7 Å². The molecule has 0 bridgehead atoms. The maximum absolute atomic E-state index is 15.0. The molecule has 1 aromatic heterocycles. The van der Waals surface area contributed by atoms with Crippen molar-refractivity contribution in [2.45, 2.75) is 183 Å². The number of aliphatic hydroxyl groups is 1. The molecular formula is C51H75N5O12. The number of carbonyl (C=O) groups is 6. The molecule has 0 aromatic carbocycles. The van der Waals surface area contributed by atoms with Gasteiger partial charge in [-0.3, -0.25) is 24.0 Å². The molecule has 7 rings (SSSR count). The van der Waals surface area contributed by atoms with E-state index in [1.54, 1.807) is 6.20 Å². The number of nitrogens with one attached hydrogen (secondary N) is 2. The zero-order chi connectivity index (χ0) is 49.9. The van der Waals surface area contributed by atoms with E-state index in [2.05, 4.69) is 75.5 Å². The number of aromatic nitrogens is 3. The minimum absolute atomic E-state index is 0.00916. The van der Waals surface area contributed by atoms with Crippen molar-refractivity contribution in [2.24, 2.45) is 50.2 Å². The van der Waals surface area contributed by atoms with Crippen LogP contribution in [0.2, 0.25) is 0 Å². The number of hydrogen-bond acceptors (Lipinski definition) is 14. The first-order valence-electron chi connectivity index (χ1n) is 24.5. The number of carbonyl (C=O) groups excluding carboxylic acids is 6. The molecule has 17 heteroatoms. The average Bonchev–Trinajstić information content (AvgIpc) is 3.73. The molecule has 68 heavy (non-hydrogen) atoms. The average molecular weight is 950 g/mol. The van der Waals surface area contributed by atoms with Gasteiger partial charge in [0.15, 0.2) is 18.3 Å². The first-order chi connectivity index (χ1) is 31.7. The summed E-state index contributed by atoms with van der Waals surface area (Å²) >= 11 is 0. The van der Waals surface area contributed by atoms with Crippen molar-refractivity contribution in [3.05, 3.63) is 35.4 Å². The third kappa shape index (κ3) is 8.98. The van der Waals surface area contributed by atoms with Gasteiger partial charge in [0.1, 0.15) is 12.3 Å². The van der Waals surface area contributed by atoms with Gasteiger partial charge in [0.05, 0.1) is 43.5 Å². The fourth-order valence-electron chi connectivity index (χ4n) is 14.5. The smallest absolute Gasteiger partial charge is 0.373 e. The lowest BCUT2D eigenvalue weighted by atomic mass is 9.33. The Hall–Kier alpha value is -4.80. The van der Waals surface area contributed by atoms with Crippen molar-refractivity contribution in [1.82, 2.24) is 25.6 Å². The summed E-state index contributed by atoms with van der Waals surface area (Å²) in [6.45, 7) is 20.9. The number of ether oxygens (including phenoxy) is 5. The van der Waals surface area contributed by atoms with Gasteiger partial charge in [-0.2, -0.15) is 0 Å². The van der Waals surface area contributed by atoms with Crippen LogP contribution in [0.15, 0.2) is 29.7 Å². The van der Waals surface area contributed by atoms with Crippen LogP contribution in [-0.4, -0.2) is 100.0 Å². The van der Waals surface area contributed by atoms with Crippen LogP contribution in [-0.2, 0) is 59.0 Å². The zero-order valence-corrected chi connectivity index (χ0v) is 42.2. The van der Waals surface area contributed by atoms with Crippen LogP contribution >= 0.6 is 0 Å². The van der Waals surface area contributed by atoms with Crippen molar-refractivity contribution in [3.63, 3.8) is 0 Å². The summed E-state index contributed by atoms with van der Waals surface area (Å²) in [5.41, 5.74) is 1.24. The second-order valence-electron chi connectivity index (χ2n) is 23.0. The van der Waals surface area contributed by atoms with Gasteiger partial charge in [-0.25, -0.2) is 9.48 Å². The lowest BCUT2D eigenvalue weighted by Gasteiger charge is -2.71. The summed E-state index contributed by atoms with van der Waals surface area (Å²) in [7, 11) is 1.15. The normalized spacial score (nSPS) is 36.4. The Kier molecular flexibility index (Phi) is 13.9. The number of methoxy groups -OCH3 is 1. The van der Waals surface area contributed by atoms with Crippen LogP contribution in [0.5, 0.6) is 0 Å². The number of aliphatic hydroxyl groups excluding tert-OH is 1. The predicted molar refractivity (Wildman–Crippen MR) is 246 cm³/mol. The topological polar surface area (TPSA) is 224 Å². The van der Waals surface area contributed by atoms with Gasteiger partial charge in [-0.05, 0) is 115 Å². The molecule has 0 saturated heterocycles. The number of allylic oxidation sites excluding steroid dienone is 2. The van der Waals surface area contributed by atoms with Crippen molar-refractivity contribution >= 4 is 35.7 Å². The second kappa shape index (κ2) is 18.5. The van der Waals surface area contributed by atoms with E-state index in [1.165, 1.54) is 23.3 Å². The molecule has 4 saturated carbocycles. The SMILES string of the molecule is COC(=O)C1=C[C@H](n2cc(CNC(=O)[C@]34CCC(C)(C)C[C@H]3C3=CC[C@@H]5[C@@]6(C)CC[C@H](O)C(C)(C)[C@@H]6CC[C@@]5(C)[C@]3(C)CC4)nn2)[C@@H](NC(C)=O)[C@H]([C@H](OC(C)=O)[C@@H](COC(C)=O)OC(C)=O)O1. The van der Waals surface area contributed by atoms with Crippen molar-refractivity contribution in [3.8, 4) is 0 Å². The Morgan fingerprint density at radius 2 is 1.57 bits per heavy atom. The van der Waals surface area contributed by atoms with Crippen LogP contribution in [0, 0.1) is 50.2 Å². The fourth-order valence-corrected chi connectivity index (χ4v) is 14.5. The molecule has 6 aliphatic rings. The molecule has 1 aliphatic heterocycles. The molecule has 2 heterocycles. The zero-order valence-electron chi connectivity index (χ0n) is 42.2. The summed E-state index contributed by atoms with van der Waals surface area (Å²) in [4.78, 5) is 77.8. The van der Waals surface area contributed by atoms with E-state index in [0.717, 1.165) is 92.1 Å². The number of hydrogen-bond donors (Lipinski definition) is 3. The molecule has 0 unspecified atom stereocenters. The highest BCUT2D eigenvalue weighted by Gasteiger charge is 2.69. The number of nitrogens with zero attached hydrogens (tertiary/aromatic N) is 3. The fraction of sp³-hybridized carbons (Fsp3) is 0.765. The van der Waals surface area contributed by atoms with Crippen LogP contribution in [0.4, 0.5) is 0 Å². The Morgan fingerprint density at radius 3 is 2.22 bits per heavy atom. The Balaban J connectivity index is 1.17. The van der Waals surface area contributed by atoms with Gasteiger partial charge in [-0.15, -0.1) is 5.10 Å². The van der Waals surface area contributed by atoms with Crippen LogP contribution in [0.1, 0.15) is 152 Å². The standard InChI is InChI=1S/C51H75N5O12/c1-28(57)53-41-35(23-36(44(62)64-12)68-43(41)42(67-31(4)60)37(66-30(3)59)27-65-29(2)58)56-26-32(54-55-56)25-52-45(63)51-21-19-46(5,6)24-34(51)33-13-14-39-48(9)17-16-40(61)47(7,8)38(48)15-18-50(39,11)49(33,10)20-22-51/h13,23,26,34-35,37-43,61H,14-22,24-25,27H2,1-12H3,(H,52,63)(H,53,57)/t34-,35-,37+,38-,39+,40-,41+,42+,43+,48-,49+,50+,51-/m0/s1. The number of rotatable bonds is 12. The first kappa shape index (κ1) is 51.1. The van der Waals surface area contributed by atoms with Crippen LogP contribution in [0.25, 0.3) is 0 Å². The Morgan fingerprint density at radius 1 is 0.882 bits per heavy atom. The van der Waals surface area contributed by atoms with E-state index in [1.807, 2.05) is 0 Å². The highest BCUT2D eigenvalue weighted by Crippen LogP contribution is 2.75. The maximum atomic E-state index is 15.0. The van der Waals surface area contributed by atoms with Crippen LogP contribution < -0.4 is 10.6 Å². The summed E-state index contributed by atoms with van der Waals surface area (Å²) < 4.78 is 28.8. The molecule has 3 N–H and O–H groups in total. The van der Waals surface area contributed by atoms with Crippen molar-refractivity contribution in [1.29, 1.82) is 0 Å². The summed E-state index contributed by atoms with van der Waals surface area (Å²) in [5.74, 6) is -3.08. The third-order valence-corrected chi connectivity index (χ3v) is 18.2. The number of fused-ring (bicyclic) bond motifs is 7. The highest BCUT2D eigenvalue weighted by atomic mass is 16.6. The quantitative estimate of drug-likeness (QED) is 0.125. The minimum atomic E-state index is -1.53. The molecule has 17 nitrogen and oxygen atoms in total. The highest BCUT2D eigenvalue weighted by molar-refractivity contribution is 5.86. The number of esters is 4. The van der Waals surface area contributed by atoms with Gasteiger partial charge < -0.3 is 39.4 Å². The van der Waals surface area contributed by atoms with Crippen molar-refractivity contribution < 1.29 is 57.6 Å². The Bertz CT molecular complexity index is 2230.